The van der Waals surface area contributed by atoms with Gasteiger partial charge in [0.15, 0.2) is 0 Å². The van der Waals surface area contributed by atoms with E-state index in [4.69, 9.17) is 4.74 Å². The van der Waals surface area contributed by atoms with Gasteiger partial charge in [-0.1, -0.05) is 12.5 Å². The number of rotatable bonds is 2. The van der Waals surface area contributed by atoms with E-state index in [0.717, 1.165) is 41.4 Å². The second kappa shape index (κ2) is 4.67. The van der Waals surface area contributed by atoms with Crippen molar-refractivity contribution in [2.24, 2.45) is 46.8 Å². The van der Waals surface area contributed by atoms with Gasteiger partial charge in [0.25, 0.3) is 0 Å². The molecule has 0 aromatic heterocycles. The van der Waals surface area contributed by atoms with Gasteiger partial charge in [-0.3, -0.25) is 0 Å². The Balaban J connectivity index is 1.46. The Morgan fingerprint density at radius 3 is 2.09 bits per heavy atom. The Hall–Kier alpha value is -0.720. The molecule has 7 rings (SSSR count). The lowest BCUT2D eigenvalue weighted by Gasteiger charge is -2.66. The average molecular weight is 310 g/mol. The summed E-state index contributed by atoms with van der Waals surface area (Å²) < 4.78 is 6.36. The first-order valence-electron chi connectivity index (χ1n) is 10.3. The molecule has 7 aliphatic rings. The maximum Gasteiger partial charge on any atom is 0.123 e. The van der Waals surface area contributed by atoms with Crippen molar-refractivity contribution in [1.82, 2.24) is 0 Å². The Labute approximate surface area is 140 Å². The van der Waals surface area contributed by atoms with Crippen LogP contribution in [0.15, 0.2) is 24.5 Å². The molecule has 6 bridgehead atoms. The molecule has 0 spiro atoms. The number of hydrogen-bond donors (Lipinski definition) is 0. The van der Waals surface area contributed by atoms with Gasteiger partial charge in [-0.05, 0) is 105 Å². The molecule has 0 radical (unpaired) electrons. The zero-order chi connectivity index (χ0) is 15.0. The molecule has 23 heavy (non-hydrogen) atoms. The zero-order valence-corrected chi connectivity index (χ0v) is 14.2. The smallest absolute Gasteiger partial charge is 0.123 e. The summed E-state index contributed by atoms with van der Waals surface area (Å²) in [5, 5.41) is 0. The van der Waals surface area contributed by atoms with E-state index < -0.39 is 0 Å². The van der Waals surface area contributed by atoms with Crippen LogP contribution < -0.4 is 0 Å². The predicted molar refractivity (Wildman–Crippen MR) is 91.6 cm³/mol. The maximum absolute atomic E-state index is 6.36. The first-order chi connectivity index (χ1) is 11.3. The molecule has 1 nitrogen and oxygen atoms in total. The highest BCUT2D eigenvalue weighted by Gasteiger charge is 2.66. The van der Waals surface area contributed by atoms with Gasteiger partial charge in [-0.2, -0.15) is 0 Å². The Kier molecular flexibility index (Phi) is 2.75. The molecular weight excluding hydrogens is 280 g/mol. The third-order valence-electron chi connectivity index (χ3n) is 9.13. The molecular formula is C22H30O. The Morgan fingerprint density at radius 1 is 0.739 bits per heavy atom. The molecule has 6 aliphatic carbocycles. The van der Waals surface area contributed by atoms with E-state index in [2.05, 4.69) is 18.2 Å². The number of allylic oxidation sites excluding steroid dienone is 2. The van der Waals surface area contributed by atoms with Crippen molar-refractivity contribution in [2.45, 2.75) is 63.9 Å². The van der Waals surface area contributed by atoms with E-state index in [1.165, 1.54) is 44.9 Å². The van der Waals surface area contributed by atoms with Crippen LogP contribution in [0.5, 0.6) is 0 Å². The quantitative estimate of drug-likeness (QED) is 0.669. The number of fused-ring (bicyclic) bond motifs is 2. The van der Waals surface area contributed by atoms with Gasteiger partial charge < -0.3 is 4.74 Å². The lowest BCUT2D eigenvalue weighted by atomic mass is 9.39. The van der Waals surface area contributed by atoms with Crippen molar-refractivity contribution in [3.05, 3.63) is 24.5 Å². The molecule has 0 aromatic carbocycles. The molecule has 124 valence electrons. The Bertz CT molecular complexity index is 530. The van der Waals surface area contributed by atoms with Gasteiger partial charge in [-0.15, -0.1) is 0 Å². The minimum absolute atomic E-state index is 0.381. The largest absolute Gasteiger partial charge is 0.493 e. The Morgan fingerprint density at radius 2 is 1.52 bits per heavy atom. The van der Waals surface area contributed by atoms with Crippen LogP contribution in [0.3, 0.4) is 0 Å². The van der Waals surface area contributed by atoms with Crippen LogP contribution in [0, 0.1) is 46.8 Å². The summed E-state index contributed by atoms with van der Waals surface area (Å²) in [5.41, 5.74) is 0.495. The molecule has 6 fully saturated rings. The van der Waals surface area contributed by atoms with Gasteiger partial charge >= 0.3 is 0 Å². The lowest BCUT2D eigenvalue weighted by Crippen LogP contribution is -2.62. The molecule has 0 saturated heterocycles. The zero-order valence-electron chi connectivity index (χ0n) is 14.2. The van der Waals surface area contributed by atoms with Gasteiger partial charge in [0.2, 0.25) is 0 Å². The summed E-state index contributed by atoms with van der Waals surface area (Å²) in [4.78, 5) is 0. The summed E-state index contributed by atoms with van der Waals surface area (Å²) in [7, 11) is 0. The number of hydrogen-bond acceptors (Lipinski definition) is 1. The molecule has 0 N–H and O–H groups in total. The van der Waals surface area contributed by atoms with Crippen molar-refractivity contribution >= 4 is 0 Å². The summed E-state index contributed by atoms with van der Waals surface area (Å²) in [6.07, 6.45) is 23.0. The van der Waals surface area contributed by atoms with Crippen LogP contribution in [0.25, 0.3) is 0 Å². The minimum atomic E-state index is 0.381. The van der Waals surface area contributed by atoms with Crippen LogP contribution in [0.1, 0.15) is 57.8 Å². The van der Waals surface area contributed by atoms with Crippen molar-refractivity contribution in [3.63, 3.8) is 0 Å². The third-order valence-corrected chi connectivity index (χ3v) is 9.13. The highest BCUT2D eigenvalue weighted by Crippen LogP contribution is 2.71. The third kappa shape index (κ3) is 1.70. The molecule has 1 aliphatic heterocycles. The van der Waals surface area contributed by atoms with Crippen molar-refractivity contribution in [2.75, 3.05) is 0 Å². The summed E-state index contributed by atoms with van der Waals surface area (Å²) in [6, 6.07) is 0. The monoisotopic (exact) mass is 310 g/mol. The van der Waals surface area contributed by atoms with Crippen LogP contribution in [-0.2, 0) is 4.74 Å². The van der Waals surface area contributed by atoms with Gasteiger partial charge in [0, 0.05) is 5.41 Å². The highest BCUT2D eigenvalue weighted by atomic mass is 16.5. The molecule has 6 saturated carbocycles. The molecule has 1 heteroatoms. The standard InChI is InChI=1S/C22H30O/c1-2-6-23-21(3-1)22(20-13-14-4-5-17(20)8-14)18-9-15-7-16(11-18)12-19(22)10-15/h1-3,6,14-21H,4-5,7-13H2. The number of ether oxygens (including phenoxy) is 1. The first-order valence-corrected chi connectivity index (χ1v) is 10.3. The van der Waals surface area contributed by atoms with Crippen LogP contribution in [0.2, 0.25) is 0 Å². The minimum Gasteiger partial charge on any atom is -0.493 e. The van der Waals surface area contributed by atoms with Crippen molar-refractivity contribution < 1.29 is 4.74 Å². The summed E-state index contributed by atoms with van der Waals surface area (Å²) >= 11 is 0. The second-order valence-corrected chi connectivity index (χ2v) is 9.86. The molecule has 0 amide bonds. The van der Waals surface area contributed by atoms with Crippen LogP contribution in [0.4, 0.5) is 0 Å². The normalized spacial score (nSPS) is 58.8. The average Bonchev–Trinajstić information content (AvgIpc) is 3.19. The molecule has 4 atom stereocenters. The van der Waals surface area contributed by atoms with E-state index in [-0.39, 0.29) is 0 Å². The van der Waals surface area contributed by atoms with Crippen molar-refractivity contribution in [1.29, 1.82) is 0 Å². The van der Waals surface area contributed by atoms with Crippen molar-refractivity contribution in [3.8, 4) is 0 Å². The second-order valence-electron chi connectivity index (χ2n) is 9.86. The molecule has 4 unspecified atom stereocenters. The van der Waals surface area contributed by atoms with Gasteiger partial charge in [0.1, 0.15) is 6.10 Å². The predicted octanol–water partition coefficient (Wildman–Crippen LogP) is 5.33. The topological polar surface area (TPSA) is 9.23 Å². The first kappa shape index (κ1) is 13.6. The van der Waals surface area contributed by atoms with Gasteiger partial charge in [0.05, 0.1) is 6.26 Å². The van der Waals surface area contributed by atoms with E-state index >= 15 is 0 Å². The maximum atomic E-state index is 6.36. The van der Waals surface area contributed by atoms with E-state index in [9.17, 15) is 0 Å². The van der Waals surface area contributed by atoms with E-state index in [1.807, 2.05) is 6.26 Å². The summed E-state index contributed by atoms with van der Waals surface area (Å²) in [5.74, 6) is 7.10. The highest BCUT2D eigenvalue weighted by molar-refractivity contribution is 5.21. The SMILES string of the molecule is C1=COC(C2(C3CC4CCC3C4)C3CC4CC(C3)CC2C4)C=C1. The summed E-state index contributed by atoms with van der Waals surface area (Å²) in [6.45, 7) is 0. The molecule has 1 heterocycles. The fourth-order valence-electron chi connectivity index (χ4n) is 8.81. The lowest BCUT2D eigenvalue weighted by molar-refractivity contribution is -0.194. The fraction of sp³-hybridized carbons (Fsp3) is 0.818. The fourth-order valence-corrected chi connectivity index (χ4v) is 8.81. The van der Waals surface area contributed by atoms with E-state index in [0.29, 0.717) is 11.5 Å². The van der Waals surface area contributed by atoms with Crippen LogP contribution in [-0.4, -0.2) is 6.10 Å². The molecule has 0 aromatic rings. The van der Waals surface area contributed by atoms with Crippen LogP contribution >= 0.6 is 0 Å². The van der Waals surface area contributed by atoms with Gasteiger partial charge in [-0.25, -0.2) is 0 Å². The van der Waals surface area contributed by atoms with E-state index in [1.54, 1.807) is 12.8 Å².